The maximum atomic E-state index is 13.6. The van der Waals surface area contributed by atoms with Gasteiger partial charge in [-0.25, -0.2) is 9.97 Å². The highest BCUT2D eigenvalue weighted by molar-refractivity contribution is 6.09. The van der Waals surface area contributed by atoms with Gasteiger partial charge in [-0.1, -0.05) is 72.6 Å². The summed E-state index contributed by atoms with van der Waals surface area (Å²) < 4.78 is 2.11. The lowest BCUT2D eigenvalue weighted by atomic mass is 9.77. The molecule has 3 aromatic rings. The third kappa shape index (κ3) is 8.34. The molecule has 1 fully saturated rings. The number of nitrogens with one attached hydrogen (secondary N) is 2. The number of amides is 2. The third-order valence-electron chi connectivity index (χ3n) is 9.64. The zero-order valence-corrected chi connectivity index (χ0v) is 32.1. The van der Waals surface area contributed by atoms with E-state index in [2.05, 4.69) is 84.5 Å². The van der Waals surface area contributed by atoms with Gasteiger partial charge in [0.05, 0.1) is 22.4 Å². The Balaban J connectivity index is 0.00000101. The number of unbranched alkanes of at least 4 members (excludes halogenated alkanes) is 1. The molecule has 2 aromatic heterocycles. The Kier molecular flexibility index (Phi) is 13.6. The molecule has 0 spiro atoms. The summed E-state index contributed by atoms with van der Waals surface area (Å²) in [5.41, 5.74) is 5.56. The van der Waals surface area contributed by atoms with Crippen molar-refractivity contribution in [1.82, 2.24) is 19.9 Å². The predicted molar refractivity (Wildman–Crippen MR) is 206 cm³/mol. The SMILES string of the molecule is C=C(/C=c1/ncn(C(C)C)/c1=C(/C)Nc1cc(C(=O)NC)c(C)cn1)c1ccc2c(c1)N(C1CC(CC)C1)C(=O)C2(C)C.CC.CCCC. The topological polar surface area (TPSA) is 92.2 Å². The van der Waals surface area contributed by atoms with Crippen LogP contribution in [0.25, 0.3) is 17.3 Å². The number of nitrogens with zero attached hydrogens (tertiary/aromatic N) is 4. The zero-order chi connectivity index (χ0) is 36.6. The molecule has 8 heteroatoms. The molecule has 0 saturated heterocycles. The van der Waals surface area contributed by atoms with Crippen molar-refractivity contribution < 1.29 is 9.59 Å². The fraction of sp³-hybridized carbons (Fsp3) is 0.512. The van der Waals surface area contributed by atoms with Gasteiger partial charge < -0.3 is 20.1 Å². The summed E-state index contributed by atoms with van der Waals surface area (Å²) in [6, 6.07) is 8.48. The van der Waals surface area contributed by atoms with Crippen molar-refractivity contribution in [1.29, 1.82) is 0 Å². The lowest BCUT2D eigenvalue weighted by Gasteiger charge is -2.41. The van der Waals surface area contributed by atoms with Crippen LogP contribution in [0.5, 0.6) is 0 Å². The van der Waals surface area contributed by atoms with Crippen molar-refractivity contribution in [3.05, 3.63) is 76.3 Å². The minimum atomic E-state index is -0.543. The number of aryl methyl sites for hydroxylation is 1. The minimum absolute atomic E-state index is 0.154. The number of carbonyl (C=O) groups is 2. The van der Waals surface area contributed by atoms with E-state index in [0.717, 1.165) is 63.6 Å². The number of carbonyl (C=O) groups excluding carboxylic acids is 2. The van der Waals surface area contributed by atoms with Gasteiger partial charge in [0.2, 0.25) is 5.91 Å². The fourth-order valence-electron chi connectivity index (χ4n) is 6.32. The Hall–Kier alpha value is -4.20. The second kappa shape index (κ2) is 17.0. The number of imidazole rings is 1. The highest BCUT2D eigenvalue weighted by Crippen LogP contribution is 2.48. The number of hydrogen-bond acceptors (Lipinski definition) is 5. The van der Waals surface area contributed by atoms with Gasteiger partial charge >= 0.3 is 0 Å². The molecule has 3 heterocycles. The van der Waals surface area contributed by atoms with Crippen molar-refractivity contribution in [2.75, 3.05) is 17.3 Å². The van der Waals surface area contributed by atoms with Crippen LogP contribution in [0.2, 0.25) is 0 Å². The van der Waals surface area contributed by atoms with Crippen LogP contribution in [0.1, 0.15) is 134 Å². The largest absolute Gasteiger partial charge is 0.355 e. The molecule has 1 aliphatic carbocycles. The number of hydrogen-bond donors (Lipinski definition) is 2. The van der Waals surface area contributed by atoms with Gasteiger partial charge in [-0.2, -0.15) is 0 Å². The average Bonchev–Trinajstić information content (AvgIpc) is 3.58. The smallest absolute Gasteiger partial charge is 0.251 e. The van der Waals surface area contributed by atoms with Gasteiger partial charge in [-0.15, -0.1) is 0 Å². The molecule has 2 N–H and O–H groups in total. The summed E-state index contributed by atoms with van der Waals surface area (Å²) in [5, 5.41) is 7.78. The van der Waals surface area contributed by atoms with Crippen LogP contribution in [0, 0.1) is 12.8 Å². The Bertz CT molecular complexity index is 1760. The van der Waals surface area contributed by atoms with E-state index in [1.807, 2.05) is 53.9 Å². The minimum Gasteiger partial charge on any atom is -0.355 e. The molecule has 1 aliphatic heterocycles. The summed E-state index contributed by atoms with van der Waals surface area (Å²) in [6.45, 7) is 27.2. The zero-order valence-electron chi connectivity index (χ0n) is 32.1. The van der Waals surface area contributed by atoms with E-state index in [0.29, 0.717) is 17.3 Å². The standard InChI is InChI=1S/C35H44N6O2.C4H10.C2H6/c1-10-24-14-26(15-24)41-30-16-25(11-12-28(30)35(7,8)34(41)43)21(4)13-29-32(40(19-38-29)20(2)3)23(6)39-31-17-27(33(42)36-9)22(5)18-37-31;1-3-4-2;1-2/h11-13,16-20,24,26H,4,10,14-15H2,1-3,5-9H3,(H,36,42)(H,37,39);3-4H2,1-2H3;1-2H3/b29-13+,32-23-;;. The Morgan fingerprint density at radius 3 is 2.33 bits per heavy atom. The van der Waals surface area contributed by atoms with Crippen LogP contribution < -0.4 is 26.2 Å². The van der Waals surface area contributed by atoms with Gasteiger partial charge in [0.1, 0.15) is 5.82 Å². The molecule has 0 bridgehead atoms. The highest BCUT2D eigenvalue weighted by Gasteiger charge is 2.48. The second-order valence-corrected chi connectivity index (χ2v) is 13.8. The molecule has 5 rings (SSSR count). The van der Waals surface area contributed by atoms with E-state index < -0.39 is 5.41 Å². The summed E-state index contributed by atoms with van der Waals surface area (Å²) >= 11 is 0. The van der Waals surface area contributed by atoms with Crippen molar-refractivity contribution >= 4 is 40.7 Å². The molecule has 1 aromatic carbocycles. The maximum Gasteiger partial charge on any atom is 0.251 e. The fourth-order valence-corrected chi connectivity index (χ4v) is 6.32. The summed E-state index contributed by atoms with van der Waals surface area (Å²) in [4.78, 5) is 37.3. The number of pyridine rings is 1. The summed E-state index contributed by atoms with van der Waals surface area (Å²) in [6.07, 6.45) is 11.5. The predicted octanol–water partition coefficient (Wildman–Crippen LogP) is 7.91. The number of benzene rings is 1. The first-order valence-corrected chi connectivity index (χ1v) is 18.2. The normalized spacial score (nSPS) is 18.4. The van der Waals surface area contributed by atoms with Gasteiger partial charge in [-0.3, -0.25) is 9.59 Å². The average molecular weight is 669 g/mol. The molecule has 2 amide bonds. The Morgan fingerprint density at radius 1 is 1.10 bits per heavy atom. The Morgan fingerprint density at radius 2 is 1.76 bits per heavy atom. The van der Waals surface area contributed by atoms with Crippen molar-refractivity contribution in [3.8, 4) is 0 Å². The van der Waals surface area contributed by atoms with Crippen molar-refractivity contribution in [2.24, 2.45) is 5.92 Å². The van der Waals surface area contributed by atoms with E-state index >= 15 is 0 Å². The van der Waals surface area contributed by atoms with E-state index in [4.69, 9.17) is 4.98 Å². The van der Waals surface area contributed by atoms with Crippen LogP contribution in [-0.4, -0.2) is 39.4 Å². The Labute approximate surface area is 294 Å². The molecule has 0 atom stereocenters. The van der Waals surface area contributed by atoms with Gasteiger partial charge in [0.25, 0.3) is 5.91 Å². The van der Waals surface area contributed by atoms with E-state index in [-0.39, 0.29) is 23.9 Å². The quantitative estimate of drug-likeness (QED) is 0.242. The highest BCUT2D eigenvalue weighted by atomic mass is 16.2. The molecule has 266 valence electrons. The molecule has 49 heavy (non-hydrogen) atoms. The number of fused-ring (bicyclic) bond motifs is 1. The van der Waals surface area contributed by atoms with Crippen LogP contribution >= 0.6 is 0 Å². The lowest BCUT2D eigenvalue weighted by Crippen LogP contribution is -2.49. The van der Waals surface area contributed by atoms with Gasteiger partial charge in [0, 0.05) is 42.3 Å². The number of rotatable bonds is 9. The molecular weight excluding hydrogens is 608 g/mol. The van der Waals surface area contributed by atoms with Gasteiger partial charge in [0.15, 0.2) is 0 Å². The third-order valence-corrected chi connectivity index (χ3v) is 9.64. The van der Waals surface area contributed by atoms with E-state index in [9.17, 15) is 9.59 Å². The number of anilines is 2. The molecular formula is C41H60N6O2. The molecule has 0 radical (unpaired) electrons. The first kappa shape index (κ1) is 39.2. The van der Waals surface area contributed by atoms with E-state index in [1.54, 1.807) is 19.3 Å². The van der Waals surface area contributed by atoms with Gasteiger partial charge in [-0.05, 0) is 101 Å². The first-order chi connectivity index (χ1) is 23.3. The summed E-state index contributed by atoms with van der Waals surface area (Å²) in [5.74, 6) is 1.31. The van der Waals surface area contributed by atoms with Crippen LogP contribution in [-0.2, 0) is 10.2 Å². The molecule has 0 unspecified atom stereocenters. The van der Waals surface area contributed by atoms with Crippen molar-refractivity contribution in [3.63, 3.8) is 0 Å². The number of allylic oxidation sites excluding steroid dienone is 1. The molecule has 1 saturated carbocycles. The molecule has 2 aliphatic rings. The maximum absolute atomic E-state index is 13.6. The van der Waals surface area contributed by atoms with Crippen molar-refractivity contribution in [2.45, 2.75) is 126 Å². The monoisotopic (exact) mass is 668 g/mol. The second-order valence-electron chi connectivity index (χ2n) is 13.8. The first-order valence-electron chi connectivity index (χ1n) is 18.2. The van der Waals surface area contributed by atoms with Crippen LogP contribution in [0.3, 0.4) is 0 Å². The van der Waals surface area contributed by atoms with E-state index in [1.165, 1.54) is 12.8 Å². The summed E-state index contributed by atoms with van der Waals surface area (Å²) in [7, 11) is 1.62. The molecule has 8 nitrogen and oxygen atoms in total. The van der Waals surface area contributed by atoms with Crippen LogP contribution in [0.4, 0.5) is 11.5 Å². The van der Waals surface area contributed by atoms with Crippen LogP contribution in [0.15, 0.2) is 43.4 Å². The number of aromatic nitrogens is 3. The lowest BCUT2D eigenvalue weighted by molar-refractivity contribution is -0.123.